The van der Waals surface area contributed by atoms with Crippen LogP contribution >= 0.6 is 0 Å². The molecule has 2 saturated heterocycles. The fourth-order valence-electron chi connectivity index (χ4n) is 4.53. The third kappa shape index (κ3) is 4.99. The summed E-state index contributed by atoms with van der Waals surface area (Å²) in [6.45, 7) is 1.70. The molecule has 2 aromatic carbocycles. The Bertz CT molecular complexity index is 1210. The van der Waals surface area contributed by atoms with Gasteiger partial charge in [-0.25, -0.2) is 16.8 Å². The van der Waals surface area contributed by atoms with E-state index in [0.717, 1.165) is 19.3 Å². The standard InChI is InChI=1S/C24H30N2O6S2/c1-32-20-7-11-21(12-8-20)33(28,29)22-13-17-25(18-14-22)24(27)19-5-9-23(10-6-19)34(30,31)26-15-3-2-4-16-26/h5-12,22H,2-4,13-18H2,1H3. The zero-order valence-corrected chi connectivity index (χ0v) is 20.9. The molecule has 0 aromatic heterocycles. The number of rotatable bonds is 6. The Balaban J connectivity index is 1.39. The monoisotopic (exact) mass is 506 g/mol. The number of methoxy groups -OCH3 is 1. The van der Waals surface area contributed by atoms with Crippen molar-refractivity contribution in [3.05, 3.63) is 54.1 Å². The van der Waals surface area contributed by atoms with Crippen LogP contribution in [-0.2, 0) is 19.9 Å². The lowest BCUT2D eigenvalue weighted by Crippen LogP contribution is -2.42. The Morgan fingerprint density at radius 2 is 1.35 bits per heavy atom. The number of sulfone groups is 1. The molecule has 2 fully saturated rings. The number of carbonyl (C=O) groups is 1. The molecule has 10 heteroatoms. The SMILES string of the molecule is COc1ccc(S(=O)(=O)C2CCN(C(=O)c3ccc(S(=O)(=O)N4CCCCC4)cc3)CC2)cc1. The molecule has 2 heterocycles. The van der Waals surface area contributed by atoms with E-state index in [1.807, 2.05) is 0 Å². The van der Waals surface area contributed by atoms with Gasteiger partial charge in [-0.2, -0.15) is 4.31 Å². The molecule has 0 bridgehead atoms. The molecule has 0 unspecified atom stereocenters. The first-order valence-corrected chi connectivity index (χ1v) is 14.5. The van der Waals surface area contributed by atoms with Crippen LogP contribution in [0.5, 0.6) is 5.75 Å². The van der Waals surface area contributed by atoms with Gasteiger partial charge in [0.2, 0.25) is 10.0 Å². The number of sulfonamides is 1. The zero-order valence-electron chi connectivity index (χ0n) is 19.2. The Hall–Kier alpha value is -2.43. The van der Waals surface area contributed by atoms with Crippen molar-refractivity contribution in [2.45, 2.75) is 47.1 Å². The van der Waals surface area contributed by atoms with Crippen molar-refractivity contribution in [3.8, 4) is 5.75 Å². The molecule has 0 saturated carbocycles. The largest absolute Gasteiger partial charge is 0.497 e. The second-order valence-electron chi connectivity index (χ2n) is 8.70. The number of benzene rings is 2. The molecule has 2 aliphatic heterocycles. The fraction of sp³-hybridized carbons (Fsp3) is 0.458. The molecule has 2 aromatic rings. The van der Waals surface area contributed by atoms with Gasteiger partial charge in [0.15, 0.2) is 9.84 Å². The summed E-state index contributed by atoms with van der Waals surface area (Å²) in [7, 11) is -5.52. The highest BCUT2D eigenvalue weighted by molar-refractivity contribution is 7.92. The smallest absolute Gasteiger partial charge is 0.253 e. The van der Waals surface area contributed by atoms with Crippen LogP contribution in [0.15, 0.2) is 58.3 Å². The molecule has 0 N–H and O–H groups in total. The summed E-state index contributed by atoms with van der Waals surface area (Å²) in [5.41, 5.74) is 0.397. The average molecular weight is 507 g/mol. The highest BCUT2D eigenvalue weighted by Crippen LogP contribution is 2.27. The van der Waals surface area contributed by atoms with Crippen molar-refractivity contribution in [2.75, 3.05) is 33.3 Å². The second kappa shape index (κ2) is 10.1. The maximum absolute atomic E-state index is 13.0. The summed E-state index contributed by atoms with van der Waals surface area (Å²) < 4.78 is 58.2. The van der Waals surface area contributed by atoms with E-state index in [0.29, 0.717) is 50.3 Å². The molecule has 2 aliphatic rings. The highest BCUT2D eigenvalue weighted by atomic mass is 32.2. The van der Waals surface area contributed by atoms with Crippen LogP contribution in [0.1, 0.15) is 42.5 Å². The Morgan fingerprint density at radius 1 is 0.794 bits per heavy atom. The van der Waals surface area contributed by atoms with Gasteiger partial charge < -0.3 is 9.64 Å². The van der Waals surface area contributed by atoms with E-state index in [1.54, 1.807) is 41.3 Å². The molecule has 34 heavy (non-hydrogen) atoms. The summed E-state index contributed by atoms with van der Waals surface area (Å²) >= 11 is 0. The van der Waals surface area contributed by atoms with Crippen molar-refractivity contribution in [2.24, 2.45) is 0 Å². The van der Waals surface area contributed by atoms with Crippen molar-refractivity contribution in [1.82, 2.24) is 9.21 Å². The maximum atomic E-state index is 13.0. The molecule has 184 valence electrons. The average Bonchev–Trinajstić information content (AvgIpc) is 2.89. The Morgan fingerprint density at radius 3 is 1.91 bits per heavy atom. The van der Waals surface area contributed by atoms with Gasteiger partial charge in [0, 0.05) is 31.7 Å². The summed E-state index contributed by atoms with van der Waals surface area (Å²) in [6, 6.07) is 12.4. The van der Waals surface area contributed by atoms with E-state index < -0.39 is 25.1 Å². The molecule has 8 nitrogen and oxygen atoms in total. The lowest BCUT2D eigenvalue weighted by atomic mass is 10.1. The minimum Gasteiger partial charge on any atom is -0.497 e. The first-order valence-electron chi connectivity index (χ1n) is 11.5. The van der Waals surface area contributed by atoms with Crippen LogP contribution in [0.2, 0.25) is 0 Å². The van der Waals surface area contributed by atoms with Gasteiger partial charge in [0.05, 0.1) is 22.2 Å². The number of hydrogen-bond donors (Lipinski definition) is 0. The first-order chi connectivity index (χ1) is 16.2. The highest BCUT2D eigenvalue weighted by Gasteiger charge is 2.33. The fourth-order valence-corrected chi connectivity index (χ4v) is 7.78. The van der Waals surface area contributed by atoms with Gasteiger partial charge >= 0.3 is 0 Å². The number of ether oxygens (including phenoxy) is 1. The van der Waals surface area contributed by atoms with E-state index in [1.165, 1.54) is 23.5 Å². The molecular formula is C24H30N2O6S2. The molecular weight excluding hydrogens is 476 g/mol. The molecule has 0 aliphatic carbocycles. The van der Waals surface area contributed by atoms with Gasteiger partial charge in [-0.1, -0.05) is 6.42 Å². The number of piperidine rings is 2. The molecule has 4 rings (SSSR count). The third-order valence-corrected chi connectivity index (χ3v) is 10.8. The van der Waals surface area contributed by atoms with Crippen LogP contribution in [0.25, 0.3) is 0 Å². The zero-order chi connectivity index (χ0) is 24.3. The van der Waals surface area contributed by atoms with Crippen molar-refractivity contribution in [3.63, 3.8) is 0 Å². The minimum atomic E-state index is -3.55. The molecule has 0 spiro atoms. The molecule has 0 atom stereocenters. The summed E-state index contributed by atoms with van der Waals surface area (Å²) in [6.07, 6.45) is 3.46. The quantitative estimate of drug-likeness (QED) is 0.597. The van der Waals surface area contributed by atoms with Gasteiger partial charge in [0.1, 0.15) is 5.75 Å². The molecule has 1 amide bonds. The third-order valence-electron chi connectivity index (χ3n) is 6.61. The second-order valence-corrected chi connectivity index (χ2v) is 12.9. The number of hydrogen-bond acceptors (Lipinski definition) is 6. The van der Waals surface area contributed by atoms with Crippen molar-refractivity contribution < 1.29 is 26.4 Å². The van der Waals surface area contributed by atoms with E-state index >= 15 is 0 Å². The van der Waals surface area contributed by atoms with E-state index in [9.17, 15) is 21.6 Å². The summed E-state index contributed by atoms with van der Waals surface area (Å²) in [4.78, 5) is 15.0. The van der Waals surface area contributed by atoms with Crippen LogP contribution < -0.4 is 4.74 Å². The predicted molar refractivity (Wildman–Crippen MR) is 128 cm³/mol. The van der Waals surface area contributed by atoms with Crippen molar-refractivity contribution >= 4 is 25.8 Å². The van der Waals surface area contributed by atoms with Gasteiger partial charge in [-0.05, 0) is 74.2 Å². The topological polar surface area (TPSA) is 101 Å². The first kappa shape index (κ1) is 24.7. The lowest BCUT2D eigenvalue weighted by Gasteiger charge is -2.32. The van der Waals surface area contributed by atoms with E-state index in [-0.39, 0.29) is 15.7 Å². The summed E-state index contributed by atoms with van der Waals surface area (Å²) in [5.74, 6) is 0.372. The number of carbonyl (C=O) groups excluding carboxylic acids is 1. The van der Waals surface area contributed by atoms with Gasteiger partial charge in [-0.15, -0.1) is 0 Å². The van der Waals surface area contributed by atoms with E-state index in [4.69, 9.17) is 4.74 Å². The van der Waals surface area contributed by atoms with Crippen LogP contribution in [0.3, 0.4) is 0 Å². The van der Waals surface area contributed by atoms with Gasteiger partial charge in [-0.3, -0.25) is 4.79 Å². The Labute approximate surface area is 201 Å². The van der Waals surface area contributed by atoms with E-state index in [2.05, 4.69) is 0 Å². The van der Waals surface area contributed by atoms with Crippen LogP contribution in [-0.4, -0.2) is 70.5 Å². The van der Waals surface area contributed by atoms with Crippen LogP contribution in [0.4, 0.5) is 0 Å². The van der Waals surface area contributed by atoms with Crippen LogP contribution in [0, 0.1) is 0 Å². The minimum absolute atomic E-state index is 0.190. The van der Waals surface area contributed by atoms with Gasteiger partial charge in [0.25, 0.3) is 5.91 Å². The Kier molecular flexibility index (Phi) is 7.30. The number of amides is 1. The lowest BCUT2D eigenvalue weighted by molar-refractivity contribution is 0.0725. The number of likely N-dealkylation sites (tertiary alicyclic amines) is 1. The number of nitrogens with zero attached hydrogens (tertiary/aromatic N) is 2. The van der Waals surface area contributed by atoms with Crippen molar-refractivity contribution in [1.29, 1.82) is 0 Å². The maximum Gasteiger partial charge on any atom is 0.253 e. The summed E-state index contributed by atoms with van der Waals surface area (Å²) in [5, 5.41) is -0.554. The molecule has 0 radical (unpaired) electrons. The predicted octanol–water partition coefficient (Wildman–Crippen LogP) is 2.95. The normalized spacial score (nSPS) is 18.6.